The van der Waals surface area contributed by atoms with Crippen molar-refractivity contribution in [2.75, 3.05) is 18.6 Å². The molecule has 0 bridgehead atoms. The third kappa shape index (κ3) is 3.29. The van der Waals surface area contributed by atoms with Crippen molar-refractivity contribution >= 4 is 43.6 Å². The van der Waals surface area contributed by atoms with Gasteiger partial charge in [-0.05, 0) is 48.9 Å². The van der Waals surface area contributed by atoms with E-state index in [1.165, 1.54) is 11.3 Å². The zero-order valence-electron chi connectivity index (χ0n) is 19.0. The van der Waals surface area contributed by atoms with Gasteiger partial charge in [-0.1, -0.05) is 41.7 Å². The first-order chi connectivity index (χ1) is 17.1. The third-order valence-electron chi connectivity index (χ3n) is 6.07. The van der Waals surface area contributed by atoms with E-state index in [1.807, 2.05) is 37.3 Å². The molecule has 0 saturated heterocycles. The molecule has 0 radical (unpaired) electrons. The van der Waals surface area contributed by atoms with Crippen LogP contribution in [-0.2, 0) is 0 Å². The summed E-state index contributed by atoms with van der Waals surface area (Å²) < 4.78 is 18.2. The highest BCUT2D eigenvalue weighted by Crippen LogP contribution is 2.45. The maximum atomic E-state index is 13.8. The Labute approximate surface area is 204 Å². The number of nitrogens with zero attached hydrogens (tertiary/aromatic N) is 2. The maximum absolute atomic E-state index is 13.8. The highest BCUT2D eigenvalue weighted by atomic mass is 32.1. The summed E-state index contributed by atoms with van der Waals surface area (Å²) >= 11 is 1.39. The molecule has 1 aliphatic rings. The molecular weight excluding hydrogens is 464 g/mol. The van der Waals surface area contributed by atoms with Crippen LogP contribution in [0.5, 0.6) is 11.5 Å². The molecule has 0 N–H and O–H groups in total. The summed E-state index contributed by atoms with van der Waals surface area (Å²) in [6.45, 7) is 2.37. The summed E-state index contributed by atoms with van der Waals surface area (Å²) in [5, 5.41) is 0.914. The maximum Gasteiger partial charge on any atom is 0.297 e. The monoisotopic (exact) mass is 484 g/mol. The molecule has 8 heteroatoms. The first kappa shape index (κ1) is 21.4. The second-order valence-electron chi connectivity index (χ2n) is 8.06. The Morgan fingerprint density at radius 3 is 2.63 bits per heavy atom. The molecule has 0 fully saturated rings. The van der Waals surface area contributed by atoms with Crippen LogP contribution in [0.4, 0.5) is 5.13 Å². The molecule has 0 spiro atoms. The number of para-hydroxylation sites is 2. The van der Waals surface area contributed by atoms with Crippen molar-refractivity contribution in [2.24, 2.45) is 0 Å². The highest BCUT2D eigenvalue weighted by Gasteiger charge is 2.45. The number of thiazole rings is 1. The minimum Gasteiger partial charge on any atom is -0.493 e. The van der Waals surface area contributed by atoms with Gasteiger partial charge in [-0.25, -0.2) is 4.98 Å². The molecule has 3 aromatic carbocycles. The predicted molar refractivity (Wildman–Crippen MR) is 135 cm³/mol. The minimum absolute atomic E-state index is 0.0332. The van der Waals surface area contributed by atoms with Crippen molar-refractivity contribution in [1.82, 2.24) is 4.98 Å². The van der Waals surface area contributed by atoms with Gasteiger partial charge in [0.1, 0.15) is 5.58 Å². The fraction of sp³-hybridized carbons (Fsp3) is 0.148. The van der Waals surface area contributed by atoms with E-state index in [4.69, 9.17) is 18.9 Å². The zero-order chi connectivity index (χ0) is 24.1. The molecule has 1 atom stereocenters. The molecule has 5 aromatic rings. The Balaban J connectivity index is 1.62. The first-order valence-corrected chi connectivity index (χ1v) is 12.0. The van der Waals surface area contributed by atoms with Gasteiger partial charge in [-0.3, -0.25) is 14.5 Å². The van der Waals surface area contributed by atoms with E-state index in [1.54, 1.807) is 48.4 Å². The molecular formula is C27H20N2O5S. The Hall–Kier alpha value is -4.17. The molecule has 0 unspecified atom stereocenters. The van der Waals surface area contributed by atoms with Gasteiger partial charge in [0.15, 0.2) is 22.1 Å². The fourth-order valence-electron chi connectivity index (χ4n) is 4.52. The van der Waals surface area contributed by atoms with E-state index in [2.05, 4.69) is 0 Å². The van der Waals surface area contributed by atoms with Gasteiger partial charge in [0, 0.05) is 0 Å². The normalized spacial score (nSPS) is 15.1. The standard InChI is InChI=1S/C27H20N2O5S/c1-3-33-19-13-12-15(14-20(19)32-2)23-22-24(30)16-8-4-6-10-18(16)34-25(22)26(31)29(23)27-28-17-9-5-7-11-21(17)35-27/h4-14,23H,3H2,1-2H3/t23-/m1/s1. The number of amides is 1. The molecule has 1 amide bonds. The van der Waals surface area contributed by atoms with E-state index in [0.29, 0.717) is 45.3 Å². The molecule has 1 aliphatic heterocycles. The van der Waals surface area contributed by atoms with E-state index in [0.717, 1.165) is 10.2 Å². The molecule has 3 heterocycles. The Kier molecular flexibility index (Phi) is 5.04. The van der Waals surface area contributed by atoms with Gasteiger partial charge >= 0.3 is 0 Å². The molecule has 2 aromatic heterocycles. The largest absolute Gasteiger partial charge is 0.493 e. The lowest BCUT2D eigenvalue weighted by atomic mass is 9.98. The van der Waals surface area contributed by atoms with Crippen LogP contribution in [0.3, 0.4) is 0 Å². The number of hydrogen-bond acceptors (Lipinski definition) is 7. The Bertz CT molecular complexity index is 1640. The molecule has 35 heavy (non-hydrogen) atoms. The summed E-state index contributed by atoms with van der Waals surface area (Å²) in [5.74, 6) is 0.727. The van der Waals surface area contributed by atoms with Crippen LogP contribution >= 0.6 is 11.3 Å². The third-order valence-corrected chi connectivity index (χ3v) is 7.11. The van der Waals surface area contributed by atoms with Crippen LogP contribution in [0, 0.1) is 0 Å². The van der Waals surface area contributed by atoms with Crippen molar-refractivity contribution in [3.05, 3.63) is 93.8 Å². The van der Waals surface area contributed by atoms with Crippen LogP contribution < -0.4 is 19.8 Å². The average molecular weight is 485 g/mol. The van der Waals surface area contributed by atoms with Crippen molar-refractivity contribution < 1.29 is 18.7 Å². The van der Waals surface area contributed by atoms with Gasteiger partial charge < -0.3 is 13.9 Å². The smallest absolute Gasteiger partial charge is 0.297 e. The van der Waals surface area contributed by atoms with Crippen LogP contribution in [0.1, 0.15) is 34.6 Å². The minimum atomic E-state index is -0.733. The van der Waals surface area contributed by atoms with Gasteiger partial charge in [-0.2, -0.15) is 0 Å². The van der Waals surface area contributed by atoms with Crippen LogP contribution in [0.15, 0.2) is 75.9 Å². The van der Waals surface area contributed by atoms with Crippen molar-refractivity contribution in [3.63, 3.8) is 0 Å². The topological polar surface area (TPSA) is 81.9 Å². The van der Waals surface area contributed by atoms with Gasteiger partial charge in [-0.15, -0.1) is 0 Å². The molecule has 0 saturated carbocycles. The number of aromatic nitrogens is 1. The second kappa shape index (κ2) is 8.25. The average Bonchev–Trinajstić information content (AvgIpc) is 3.43. The predicted octanol–water partition coefficient (Wildman–Crippen LogP) is 5.56. The van der Waals surface area contributed by atoms with E-state index < -0.39 is 11.9 Å². The summed E-state index contributed by atoms with van der Waals surface area (Å²) in [6, 6.07) is 19.3. The number of anilines is 1. The van der Waals surface area contributed by atoms with Gasteiger partial charge in [0.05, 0.1) is 40.9 Å². The molecule has 0 aliphatic carbocycles. The van der Waals surface area contributed by atoms with Crippen molar-refractivity contribution in [1.29, 1.82) is 0 Å². The number of carbonyl (C=O) groups is 1. The SMILES string of the molecule is CCOc1ccc([C@@H]2c3c(oc4ccccc4c3=O)C(=O)N2c2nc3ccccc3s2)cc1OC. The highest BCUT2D eigenvalue weighted by molar-refractivity contribution is 7.22. The van der Waals surface area contributed by atoms with Crippen LogP contribution in [0.25, 0.3) is 21.2 Å². The number of methoxy groups -OCH3 is 1. The summed E-state index contributed by atoms with van der Waals surface area (Å²) in [6.07, 6.45) is 0. The number of benzene rings is 3. The lowest BCUT2D eigenvalue weighted by Crippen LogP contribution is -2.29. The summed E-state index contributed by atoms with van der Waals surface area (Å²) in [7, 11) is 1.56. The van der Waals surface area contributed by atoms with Gasteiger partial charge in [0.25, 0.3) is 5.91 Å². The number of carbonyl (C=O) groups excluding carboxylic acids is 1. The van der Waals surface area contributed by atoms with E-state index in [-0.39, 0.29) is 11.2 Å². The number of rotatable bonds is 5. The van der Waals surface area contributed by atoms with Gasteiger partial charge in [0.2, 0.25) is 5.76 Å². The number of hydrogen-bond donors (Lipinski definition) is 0. The van der Waals surface area contributed by atoms with Crippen LogP contribution in [0.2, 0.25) is 0 Å². The zero-order valence-corrected chi connectivity index (χ0v) is 19.8. The molecule has 174 valence electrons. The first-order valence-electron chi connectivity index (χ1n) is 11.2. The molecule has 6 rings (SSSR count). The van der Waals surface area contributed by atoms with E-state index >= 15 is 0 Å². The summed E-state index contributed by atoms with van der Waals surface area (Å²) in [4.78, 5) is 33.8. The van der Waals surface area contributed by atoms with E-state index in [9.17, 15) is 9.59 Å². The second-order valence-corrected chi connectivity index (χ2v) is 9.06. The summed E-state index contributed by atoms with van der Waals surface area (Å²) in [5.41, 5.74) is 1.90. The Morgan fingerprint density at radius 2 is 1.83 bits per heavy atom. The lowest BCUT2D eigenvalue weighted by molar-refractivity contribution is 0.0971. The number of fused-ring (bicyclic) bond motifs is 3. The lowest BCUT2D eigenvalue weighted by Gasteiger charge is -2.23. The quantitative estimate of drug-likeness (QED) is 0.325. The molecule has 7 nitrogen and oxygen atoms in total. The van der Waals surface area contributed by atoms with Crippen LogP contribution in [-0.4, -0.2) is 24.6 Å². The van der Waals surface area contributed by atoms with Crippen molar-refractivity contribution in [2.45, 2.75) is 13.0 Å². The van der Waals surface area contributed by atoms with Crippen molar-refractivity contribution in [3.8, 4) is 11.5 Å². The fourth-order valence-corrected chi connectivity index (χ4v) is 5.52. The Morgan fingerprint density at radius 1 is 1.03 bits per heavy atom. The number of ether oxygens (including phenoxy) is 2.